The Labute approximate surface area is 228 Å². The molecular weight excluding hydrogens is 502 g/mol. The van der Waals surface area contributed by atoms with Crippen molar-refractivity contribution in [3.05, 3.63) is 52.8 Å². The van der Waals surface area contributed by atoms with Crippen LogP contribution in [0.3, 0.4) is 0 Å². The van der Waals surface area contributed by atoms with Gasteiger partial charge in [-0.2, -0.15) is 5.10 Å². The fourth-order valence-electron chi connectivity index (χ4n) is 5.69. The standard InChI is InChI=1S/C29H36ClN5O3/c1-27(2,3)21-13-22(18-7-9-20(30)10-8-18)32-35-16-23(31-24(21)35)26(37)34-12-11-33(17-28(34,4)5)25(36)19-14-29(6,38)15-19/h7-10,13,16,19,38H,11-12,14-15,17H2,1-6H3. The van der Waals surface area contributed by atoms with E-state index in [0.717, 1.165) is 16.8 Å². The van der Waals surface area contributed by atoms with E-state index >= 15 is 0 Å². The van der Waals surface area contributed by atoms with E-state index in [1.165, 1.54) is 0 Å². The number of nitrogens with zero attached hydrogens (tertiary/aromatic N) is 5. The molecule has 38 heavy (non-hydrogen) atoms. The van der Waals surface area contributed by atoms with Gasteiger partial charge >= 0.3 is 0 Å². The Balaban J connectivity index is 1.42. The fourth-order valence-corrected chi connectivity index (χ4v) is 5.81. The van der Waals surface area contributed by atoms with Crippen molar-refractivity contribution in [2.45, 2.75) is 70.9 Å². The van der Waals surface area contributed by atoms with Crippen LogP contribution in [0.4, 0.5) is 0 Å². The quantitative estimate of drug-likeness (QED) is 0.528. The molecule has 1 aromatic carbocycles. The normalized spacial score (nSPS) is 23.4. The number of benzene rings is 1. The largest absolute Gasteiger partial charge is 0.390 e. The summed E-state index contributed by atoms with van der Waals surface area (Å²) in [5.41, 5.74) is 2.14. The summed E-state index contributed by atoms with van der Waals surface area (Å²) in [7, 11) is 0. The van der Waals surface area contributed by atoms with Crippen LogP contribution < -0.4 is 0 Å². The maximum Gasteiger partial charge on any atom is 0.274 e. The van der Waals surface area contributed by atoms with Gasteiger partial charge in [0.2, 0.25) is 5.91 Å². The third-order valence-electron chi connectivity index (χ3n) is 7.77. The first kappa shape index (κ1) is 26.6. The zero-order valence-electron chi connectivity index (χ0n) is 23.0. The molecule has 2 fully saturated rings. The van der Waals surface area contributed by atoms with Crippen LogP contribution in [0.2, 0.25) is 5.02 Å². The smallest absolute Gasteiger partial charge is 0.274 e. The van der Waals surface area contributed by atoms with E-state index in [2.05, 4.69) is 20.8 Å². The Morgan fingerprint density at radius 3 is 2.32 bits per heavy atom. The number of aliphatic hydroxyl groups is 1. The molecule has 1 N–H and O–H groups in total. The van der Waals surface area contributed by atoms with E-state index < -0.39 is 11.1 Å². The summed E-state index contributed by atoms with van der Waals surface area (Å²) in [4.78, 5) is 35.2. The van der Waals surface area contributed by atoms with Crippen molar-refractivity contribution < 1.29 is 14.7 Å². The molecule has 2 aliphatic rings. The van der Waals surface area contributed by atoms with Crippen LogP contribution in [0.1, 0.15) is 70.4 Å². The van der Waals surface area contributed by atoms with Gasteiger partial charge in [0.25, 0.3) is 5.91 Å². The highest BCUT2D eigenvalue weighted by atomic mass is 35.5. The highest BCUT2D eigenvalue weighted by Gasteiger charge is 2.47. The summed E-state index contributed by atoms with van der Waals surface area (Å²) in [5, 5.41) is 15.5. The van der Waals surface area contributed by atoms with Crippen LogP contribution in [-0.4, -0.2) is 72.1 Å². The maximum atomic E-state index is 13.8. The van der Waals surface area contributed by atoms with Crippen LogP contribution in [-0.2, 0) is 10.2 Å². The van der Waals surface area contributed by atoms with Gasteiger partial charge in [-0.05, 0) is 57.2 Å². The molecule has 8 nitrogen and oxygen atoms in total. The lowest BCUT2D eigenvalue weighted by Gasteiger charge is -2.49. The lowest BCUT2D eigenvalue weighted by molar-refractivity contribution is -0.153. The first-order valence-corrected chi connectivity index (χ1v) is 13.5. The zero-order valence-corrected chi connectivity index (χ0v) is 23.7. The molecular formula is C29H36ClN5O3. The molecule has 1 saturated carbocycles. The summed E-state index contributed by atoms with van der Waals surface area (Å²) in [6.07, 6.45) is 2.69. The van der Waals surface area contributed by atoms with E-state index in [9.17, 15) is 14.7 Å². The second-order valence-electron chi connectivity index (χ2n) is 12.7. The third-order valence-corrected chi connectivity index (χ3v) is 8.02. The first-order chi connectivity index (χ1) is 17.6. The van der Waals surface area contributed by atoms with Crippen molar-refractivity contribution >= 4 is 29.1 Å². The minimum absolute atomic E-state index is 0.0678. The summed E-state index contributed by atoms with van der Waals surface area (Å²) in [6, 6.07) is 9.57. The molecule has 3 heterocycles. The number of halogens is 1. The zero-order chi connectivity index (χ0) is 27.6. The van der Waals surface area contributed by atoms with Crippen LogP contribution in [0, 0.1) is 5.92 Å². The fraction of sp³-hybridized carbons (Fsp3) is 0.517. The van der Waals surface area contributed by atoms with E-state index in [1.54, 1.807) is 17.6 Å². The lowest BCUT2D eigenvalue weighted by atomic mass is 9.71. The van der Waals surface area contributed by atoms with E-state index in [4.69, 9.17) is 21.7 Å². The van der Waals surface area contributed by atoms with Crippen molar-refractivity contribution in [1.29, 1.82) is 0 Å². The monoisotopic (exact) mass is 537 g/mol. The predicted octanol–water partition coefficient (Wildman–Crippen LogP) is 4.57. The summed E-state index contributed by atoms with van der Waals surface area (Å²) in [5.74, 6) is -0.247. The van der Waals surface area contributed by atoms with Crippen molar-refractivity contribution in [3.63, 3.8) is 0 Å². The van der Waals surface area contributed by atoms with Gasteiger partial charge in [-0.1, -0.05) is 44.5 Å². The van der Waals surface area contributed by atoms with Crippen LogP contribution in [0.25, 0.3) is 16.9 Å². The van der Waals surface area contributed by atoms with Gasteiger partial charge in [0, 0.05) is 41.7 Å². The molecule has 1 aliphatic heterocycles. The van der Waals surface area contributed by atoms with E-state index in [0.29, 0.717) is 48.8 Å². The SMILES string of the molecule is CC1(O)CC(C(=O)N2CCN(C(=O)c3cn4nc(-c5ccc(Cl)cc5)cc(C(C)(C)C)c4n3)C(C)(C)C2)C1. The Hall–Kier alpha value is -2.97. The molecule has 3 aromatic rings. The average Bonchev–Trinajstić information content (AvgIpc) is 3.24. The van der Waals surface area contributed by atoms with Gasteiger partial charge in [0.15, 0.2) is 5.65 Å². The number of fused-ring (bicyclic) bond motifs is 1. The Bertz CT molecular complexity index is 1400. The second kappa shape index (κ2) is 9.06. The molecule has 0 bridgehead atoms. The summed E-state index contributed by atoms with van der Waals surface area (Å²) in [6.45, 7) is 13.4. The molecule has 2 amide bonds. The van der Waals surface area contributed by atoms with Gasteiger partial charge < -0.3 is 14.9 Å². The lowest BCUT2D eigenvalue weighted by Crippen LogP contribution is -2.63. The summed E-state index contributed by atoms with van der Waals surface area (Å²) < 4.78 is 1.70. The molecule has 9 heteroatoms. The van der Waals surface area contributed by atoms with Crippen molar-refractivity contribution in [2.75, 3.05) is 19.6 Å². The van der Waals surface area contributed by atoms with E-state index in [-0.39, 0.29) is 23.1 Å². The predicted molar refractivity (Wildman–Crippen MR) is 147 cm³/mol. The van der Waals surface area contributed by atoms with Gasteiger partial charge in [-0.3, -0.25) is 9.59 Å². The number of imidazole rings is 1. The highest BCUT2D eigenvalue weighted by Crippen LogP contribution is 2.39. The van der Waals surface area contributed by atoms with Crippen molar-refractivity contribution in [2.24, 2.45) is 5.92 Å². The number of hydrogen-bond acceptors (Lipinski definition) is 5. The van der Waals surface area contributed by atoms with Gasteiger partial charge in [0.1, 0.15) is 5.69 Å². The van der Waals surface area contributed by atoms with Gasteiger partial charge in [-0.15, -0.1) is 0 Å². The van der Waals surface area contributed by atoms with Crippen molar-refractivity contribution in [1.82, 2.24) is 24.4 Å². The molecule has 202 valence electrons. The molecule has 2 aromatic heterocycles. The summed E-state index contributed by atoms with van der Waals surface area (Å²) >= 11 is 6.09. The Kier molecular flexibility index (Phi) is 6.35. The second-order valence-corrected chi connectivity index (χ2v) is 13.2. The molecule has 5 rings (SSSR count). The van der Waals surface area contributed by atoms with Gasteiger partial charge in [-0.25, -0.2) is 9.50 Å². The topological polar surface area (TPSA) is 91.0 Å². The average molecular weight is 538 g/mol. The van der Waals surface area contributed by atoms with E-state index in [1.807, 2.05) is 54.0 Å². The minimum atomic E-state index is -0.746. The Morgan fingerprint density at radius 2 is 1.74 bits per heavy atom. The van der Waals surface area contributed by atoms with Crippen LogP contribution in [0.5, 0.6) is 0 Å². The molecule has 0 radical (unpaired) electrons. The minimum Gasteiger partial charge on any atom is -0.390 e. The molecule has 0 spiro atoms. The number of hydrogen-bond donors (Lipinski definition) is 1. The van der Waals surface area contributed by atoms with Crippen molar-refractivity contribution in [3.8, 4) is 11.3 Å². The number of carbonyl (C=O) groups excluding carboxylic acids is 2. The number of amides is 2. The van der Waals surface area contributed by atoms with Crippen LogP contribution >= 0.6 is 11.6 Å². The van der Waals surface area contributed by atoms with Crippen LogP contribution in [0.15, 0.2) is 36.5 Å². The molecule has 1 aliphatic carbocycles. The number of aromatic nitrogens is 3. The molecule has 1 saturated heterocycles. The number of carbonyl (C=O) groups is 2. The first-order valence-electron chi connectivity index (χ1n) is 13.1. The molecule has 0 atom stereocenters. The maximum absolute atomic E-state index is 13.8. The van der Waals surface area contributed by atoms with Gasteiger partial charge in [0.05, 0.1) is 23.0 Å². The number of piperazine rings is 1. The Morgan fingerprint density at radius 1 is 1.08 bits per heavy atom. The highest BCUT2D eigenvalue weighted by molar-refractivity contribution is 6.30. The molecule has 0 unspecified atom stereocenters. The third kappa shape index (κ3) is 4.92. The number of rotatable bonds is 3.